The first-order valence-electron chi connectivity index (χ1n) is 6.38. The van der Waals surface area contributed by atoms with Crippen LogP contribution in [0, 0.1) is 0 Å². The van der Waals surface area contributed by atoms with E-state index in [9.17, 15) is 4.79 Å². The van der Waals surface area contributed by atoms with Gasteiger partial charge < -0.3 is 5.11 Å². The fourth-order valence-electron chi connectivity index (χ4n) is 2.51. The Morgan fingerprint density at radius 3 is 3.11 bits per heavy atom. The molecule has 104 valence electrons. The number of thioether (sulfide) groups is 1. The number of hydrogen-bond donors (Lipinski definition) is 1. The summed E-state index contributed by atoms with van der Waals surface area (Å²) in [7, 11) is 0. The summed E-state index contributed by atoms with van der Waals surface area (Å²) in [5.41, 5.74) is 1.23. The van der Waals surface area contributed by atoms with E-state index >= 15 is 0 Å². The SMILES string of the molecule is CC(c1cccc(Br)c1)N1CCSCC1CC(=O)O. The predicted octanol–water partition coefficient (Wildman–Crippen LogP) is 3.40. The zero-order valence-corrected chi connectivity index (χ0v) is 13.3. The lowest BCUT2D eigenvalue weighted by Gasteiger charge is -2.39. The van der Waals surface area contributed by atoms with E-state index in [1.807, 2.05) is 23.9 Å². The van der Waals surface area contributed by atoms with E-state index < -0.39 is 5.97 Å². The third-order valence-electron chi connectivity index (χ3n) is 3.51. The molecule has 1 aromatic rings. The predicted molar refractivity (Wildman–Crippen MR) is 82.6 cm³/mol. The Morgan fingerprint density at radius 1 is 1.63 bits per heavy atom. The number of carboxylic acid groups (broad SMARTS) is 1. The minimum absolute atomic E-state index is 0.130. The Hall–Kier alpha value is -0.520. The Balaban J connectivity index is 2.14. The van der Waals surface area contributed by atoms with Crippen molar-refractivity contribution in [2.45, 2.75) is 25.4 Å². The van der Waals surface area contributed by atoms with Crippen molar-refractivity contribution >= 4 is 33.7 Å². The summed E-state index contributed by atoms with van der Waals surface area (Å²) in [5.74, 6) is 1.28. The molecule has 1 heterocycles. The summed E-state index contributed by atoms with van der Waals surface area (Å²) in [4.78, 5) is 13.3. The van der Waals surface area contributed by atoms with Crippen LogP contribution in [0.1, 0.15) is 24.9 Å². The smallest absolute Gasteiger partial charge is 0.304 e. The number of carbonyl (C=O) groups is 1. The molecule has 0 bridgehead atoms. The molecule has 0 aliphatic carbocycles. The van der Waals surface area contributed by atoms with E-state index in [4.69, 9.17) is 5.11 Å². The first-order valence-corrected chi connectivity index (χ1v) is 8.33. The van der Waals surface area contributed by atoms with E-state index in [1.54, 1.807) is 0 Å². The molecule has 1 saturated heterocycles. The van der Waals surface area contributed by atoms with Crippen LogP contribution in [0.4, 0.5) is 0 Å². The lowest BCUT2D eigenvalue weighted by molar-refractivity contribution is -0.138. The quantitative estimate of drug-likeness (QED) is 0.909. The number of rotatable bonds is 4. The monoisotopic (exact) mass is 343 g/mol. The fraction of sp³-hybridized carbons (Fsp3) is 0.500. The van der Waals surface area contributed by atoms with Gasteiger partial charge in [-0.1, -0.05) is 28.1 Å². The Kier molecular flexibility index (Phi) is 5.30. The highest BCUT2D eigenvalue weighted by Gasteiger charge is 2.29. The second-order valence-electron chi connectivity index (χ2n) is 4.80. The number of carboxylic acids is 1. The third kappa shape index (κ3) is 3.97. The highest BCUT2D eigenvalue weighted by Crippen LogP contribution is 2.30. The molecule has 0 amide bonds. The van der Waals surface area contributed by atoms with Crippen LogP contribution in [0.5, 0.6) is 0 Å². The van der Waals surface area contributed by atoms with Gasteiger partial charge in [-0.25, -0.2) is 0 Å². The standard InChI is InChI=1S/C14H18BrNO2S/c1-10(11-3-2-4-12(15)7-11)16-5-6-19-9-13(16)8-14(17)18/h2-4,7,10,13H,5-6,8-9H2,1H3,(H,17,18). The van der Waals surface area contributed by atoms with Crippen molar-refractivity contribution in [1.29, 1.82) is 0 Å². The Morgan fingerprint density at radius 2 is 2.42 bits per heavy atom. The molecule has 5 heteroatoms. The van der Waals surface area contributed by atoms with Crippen LogP contribution in [-0.2, 0) is 4.79 Å². The van der Waals surface area contributed by atoms with Gasteiger partial charge >= 0.3 is 5.97 Å². The first kappa shape index (κ1) is 14.9. The van der Waals surface area contributed by atoms with Crippen molar-refractivity contribution in [2.24, 2.45) is 0 Å². The van der Waals surface area contributed by atoms with Crippen molar-refractivity contribution in [3.63, 3.8) is 0 Å². The van der Waals surface area contributed by atoms with E-state index in [0.717, 1.165) is 22.5 Å². The average molecular weight is 344 g/mol. The molecule has 1 aliphatic heterocycles. The summed E-state index contributed by atoms with van der Waals surface area (Å²) in [6.45, 7) is 3.11. The van der Waals surface area contributed by atoms with E-state index in [0.29, 0.717) is 0 Å². The van der Waals surface area contributed by atoms with E-state index in [1.165, 1.54) is 5.56 Å². The highest BCUT2D eigenvalue weighted by atomic mass is 79.9. The van der Waals surface area contributed by atoms with Crippen LogP contribution in [-0.4, -0.2) is 40.1 Å². The zero-order chi connectivity index (χ0) is 13.8. The topological polar surface area (TPSA) is 40.5 Å². The van der Waals surface area contributed by atoms with Crippen molar-refractivity contribution in [3.8, 4) is 0 Å². The number of aliphatic carboxylic acids is 1. The van der Waals surface area contributed by atoms with Gasteiger partial charge in [0.25, 0.3) is 0 Å². The van der Waals surface area contributed by atoms with Gasteiger partial charge in [0, 0.05) is 34.6 Å². The maximum atomic E-state index is 11.0. The number of hydrogen-bond acceptors (Lipinski definition) is 3. The number of nitrogens with zero attached hydrogens (tertiary/aromatic N) is 1. The minimum atomic E-state index is -0.709. The molecule has 1 N–H and O–H groups in total. The largest absolute Gasteiger partial charge is 0.481 e. The molecular weight excluding hydrogens is 326 g/mol. The van der Waals surface area contributed by atoms with Gasteiger partial charge in [0.1, 0.15) is 0 Å². The van der Waals surface area contributed by atoms with Crippen LogP contribution < -0.4 is 0 Å². The van der Waals surface area contributed by atoms with Crippen molar-refractivity contribution in [1.82, 2.24) is 4.90 Å². The van der Waals surface area contributed by atoms with Crippen molar-refractivity contribution in [3.05, 3.63) is 34.3 Å². The molecule has 0 saturated carbocycles. The fourth-order valence-corrected chi connectivity index (χ4v) is 4.02. The molecular formula is C14H18BrNO2S. The second kappa shape index (κ2) is 6.77. The maximum Gasteiger partial charge on any atom is 0.304 e. The average Bonchev–Trinajstić information content (AvgIpc) is 2.38. The molecule has 0 aromatic heterocycles. The van der Waals surface area contributed by atoms with Crippen LogP contribution in [0.15, 0.2) is 28.7 Å². The van der Waals surface area contributed by atoms with Crippen LogP contribution in [0.25, 0.3) is 0 Å². The summed E-state index contributed by atoms with van der Waals surface area (Å²) >= 11 is 5.34. The summed E-state index contributed by atoms with van der Waals surface area (Å²) in [6.07, 6.45) is 0.228. The summed E-state index contributed by atoms with van der Waals surface area (Å²) in [6, 6.07) is 8.64. The lowest BCUT2D eigenvalue weighted by Crippen LogP contribution is -2.44. The van der Waals surface area contributed by atoms with Gasteiger partial charge in [-0.2, -0.15) is 11.8 Å². The first-order chi connectivity index (χ1) is 9.08. The molecule has 3 nitrogen and oxygen atoms in total. The van der Waals surface area contributed by atoms with Crippen LogP contribution in [0.3, 0.4) is 0 Å². The van der Waals surface area contributed by atoms with Gasteiger partial charge in [-0.05, 0) is 24.6 Å². The molecule has 1 aliphatic rings. The summed E-state index contributed by atoms with van der Waals surface area (Å²) < 4.78 is 1.07. The van der Waals surface area contributed by atoms with Crippen molar-refractivity contribution < 1.29 is 9.90 Å². The Bertz CT molecular complexity index is 455. The molecule has 2 rings (SSSR count). The number of benzene rings is 1. The Labute approximate surface area is 126 Å². The van der Waals surface area contributed by atoms with Gasteiger partial charge in [0.05, 0.1) is 6.42 Å². The second-order valence-corrected chi connectivity index (χ2v) is 6.86. The normalized spacial score (nSPS) is 22.1. The van der Waals surface area contributed by atoms with Crippen LogP contribution in [0.2, 0.25) is 0 Å². The molecule has 0 radical (unpaired) electrons. The van der Waals surface area contributed by atoms with Crippen LogP contribution >= 0.6 is 27.7 Å². The highest BCUT2D eigenvalue weighted by molar-refractivity contribution is 9.10. The minimum Gasteiger partial charge on any atom is -0.481 e. The van der Waals surface area contributed by atoms with E-state index in [2.05, 4.69) is 39.9 Å². The molecule has 0 spiro atoms. The van der Waals surface area contributed by atoms with Gasteiger partial charge in [0.15, 0.2) is 0 Å². The third-order valence-corrected chi connectivity index (χ3v) is 5.10. The van der Waals surface area contributed by atoms with Gasteiger partial charge in [-0.15, -0.1) is 0 Å². The van der Waals surface area contributed by atoms with Gasteiger partial charge in [-0.3, -0.25) is 9.69 Å². The molecule has 19 heavy (non-hydrogen) atoms. The number of halogens is 1. The molecule has 1 aromatic carbocycles. The molecule has 2 atom stereocenters. The summed E-state index contributed by atoms with van der Waals surface area (Å²) in [5, 5.41) is 9.04. The van der Waals surface area contributed by atoms with E-state index in [-0.39, 0.29) is 18.5 Å². The van der Waals surface area contributed by atoms with Crippen molar-refractivity contribution in [2.75, 3.05) is 18.1 Å². The van der Waals surface area contributed by atoms with Gasteiger partial charge in [0.2, 0.25) is 0 Å². The molecule has 1 fully saturated rings. The zero-order valence-electron chi connectivity index (χ0n) is 10.9. The maximum absolute atomic E-state index is 11.0. The lowest BCUT2D eigenvalue weighted by atomic mass is 10.0. The molecule has 2 unspecified atom stereocenters.